The van der Waals surface area contributed by atoms with Crippen molar-refractivity contribution in [1.82, 2.24) is 0 Å². The van der Waals surface area contributed by atoms with Gasteiger partial charge in [-0.25, -0.2) is 0 Å². The number of rotatable bonds is 4. The fourth-order valence-corrected chi connectivity index (χ4v) is 3.28. The van der Waals surface area contributed by atoms with Crippen molar-refractivity contribution in [2.75, 3.05) is 18.1 Å². The van der Waals surface area contributed by atoms with Gasteiger partial charge in [0.1, 0.15) is 4.38 Å². The maximum Gasteiger partial charge on any atom is 0.124 e. The summed E-state index contributed by atoms with van der Waals surface area (Å²) in [5.74, 6) is 2.30. The third-order valence-electron chi connectivity index (χ3n) is 1.68. The minimum atomic E-state index is 0.388. The molecule has 0 saturated carbocycles. The van der Waals surface area contributed by atoms with Crippen molar-refractivity contribution >= 4 is 27.9 Å². The Kier molecular flexibility index (Phi) is 5.11. The lowest BCUT2D eigenvalue weighted by Gasteiger charge is -1.97. The van der Waals surface area contributed by atoms with Gasteiger partial charge in [0.05, 0.1) is 6.04 Å². The lowest BCUT2D eigenvalue weighted by atomic mass is 10.4. The fraction of sp³-hybridized carbons (Fsp3) is 0.875. The van der Waals surface area contributed by atoms with Crippen LogP contribution in [0.4, 0.5) is 0 Å². The molecule has 0 saturated heterocycles. The largest absolute Gasteiger partial charge is 0.328 e. The highest BCUT2D eigenvalue weighted by Gasteiger charge is 2.16. The molecule has 70 valence electrons. The molecule has 2 nitrogen and oxygen atoms in total. The molecule has 1 aliphatic rings. The molecule has 0 fully saturated rings. The molecule has 0 amide bonds. The zero-order chi connectivity index (χ0) is 8.81. The second kappa shape index (κ2) is 5.89. The summed E-state index contributed by atoms with van der Waals surface area (Å²) in [6.45, 7) is 2.91. The average molecular weight is 204 g/mol. The molecule has 1 heterocycles. The van der Waals surface area contributed by atoms with E-state index in [0.717, 1.165) is 5.75 Å². The topological polar surface area (TPSA) is 38.4 Å². The van der Waals surface area contributed by atoms with E-state index in [-0.39, 0.29) is 0 Å². The van der Waals surface area contributed by atoms with Gasteiger partial charge in [-0.1, -0.05) is 36.9 Å². The Morgan fingerprint density at radius 2 is 2.58 bits per heavy atom. The van der Waals surface area contributed by atoms with Gasteiger partial charge in [-0.05, 0) is 12.2 Å². The molecular weight excluding hydrogens is 188 g/mol. The molecule has 1 rings (SSSR count). The van der Waals surface area contributed by atoms with Crippen molar-refractivity contribution < 1.29 is 0 Å². The van der Waals surface area contributed by atoms with Crippen molar-refractivity contribution in [3.05, 3.63) is 0 Å². The third-order valence-corrected chi connectivity index (χ3v) is 4.14. The highest BCUT2D eigenvalue weighted by Crippen LogP contribution is 2.26. The van der Waals surface area contributed by atoms with Crippen LogP contribution in [0.25, 0.3) is 0 Å². The maximum atomic E-state index is 5.52. The Hall–Kier alpha value is 0.330. The molecule has 4 heteroatoms. The summed E-state index contributed by atoms with van der Waals surface area (Å²) in [6, 6.07) is 0.388. The summed E-state index contributed by atoms with van der Waals surface area (Å²) in [6.07, 6.45) is 2.56. The summed E-state index contributed by atoms with van der Waals surface area (Å²) in [5, 5.41) is 0. The van der Waals surface area contributed by atoms with E-state index in [9.17, 15) is 0 Å². The summed E-state index contributed by atoms with van der Waals surface area (Å²) in [5.41, 5.74) is 5.52. The minimum Gasteiger partial charge on any atom is -0.328 e. The first-order valence-electron chi connectivity index (χ1n) is 4.40. The van der Waals surface area contributed by atoms with E-state index in [1.807, 2.05) is 23.5 Å². The van der Waals surface area contributed by atoms with Crippen molar-refractivity contribution in [2.24, 2.45) is 10.7 Å². The van der Waals surface area contributed by atoms with Crippen molar-refractivity contribution in [2.45, 2.75) is 25.8 Å². The first kappa shape index (κ1) is 10.4. The fourth-order valence-electron chi connectivity index (χ4n) is 0.895. The average Bonchev–Trinajstić information content (AvgIpc) is 2.53. The van der Waals surface area contributed by atoms with E-state index < -0.39 is 0 Å². The van der Waals surface area contributed by atoms with E-state index in [2.05, 4.69) is 11.9 Å². The second-order valence-electron chi connectivity index (χ2n) is 2.80. The number of aliphatic imine (C=N–C) groups is 1. The van der Waals surface area contributed by atoms with Gasteiger partial charge >= 0.3 is 0 Å². The van der Waals surface area contributed by atoms with Gasteiger partial charge in [0.25, 0.3) is 0 Å². The normalized spacial score (nSPS) is 22.8. The van der Waals surface area contributed by atoms with E-state index in [0.29, 0.717) is 12.6 Å². The Bertz CT molecular complexity index is 159. The molecule has 0 spiro atoms. The molecule has 0 radical (unpaired) electrons. The van der Waals surface area contributed by atoms with Crippen LogP contribution in [0, 0.1) is 0 Å². The molecule has 0 aliphatic carbocycles. The minimum absolute atomic E-state index is 0.388. The van der Waals surface area contributed by atoms with Crippen molar-refractivity contribution in [3.8, 4) is 0 Å². The zero-order valence-corrected chi connectivity index (χ0v) is 9.09. The van der Waals surface area contributed by atoms with Crippen LogP contribution in [0.1, 0.15) is 19.8 Å². The van der Waals surface area contributed by atoms with E-state index in [1.165, 1.54) is 23.0 Å². The number of hydrogen-bond donors (Lipinski definition) is 1. The Morgan fingerprint density at radius 1 is 1.75 bits per heavy atom. The van der Waals surface area contributed by atoms with Crippen molar-refractivity contribution in [1.29, 1.82) is 0 Å². The molecule has 0 aromatic carbocycles. The monoisotopic (exact) mass is 204 g/mol. The van der Waals surface area contributed by atoms with Crippen LogP contribution >= 0.6 is 23.5 Å². The Balaban J connectivity index is 2.16. The predicted octanol–water partition coefficient (Wildman–Crippen LogP) is 1.95. The number of nitrogens with zero attached hydrogens (tertiary/aromatic N) is 1. The molecule has 12 heavy (non-hydrogen) atoms. The van der Waals surface area contributed by atoms with Crippen LogP contribution in [0.3, 0.4) is 0 Å². The number of thioether (sulfide) groups is 2. The van der Waals surface area contributed by atoms with Crippen LogP contribution < -0.4 is 5.73 Å². The smallest absolute Gasteiger partial charge is 0.124 e. The first-order chi connectivity index (χ1) is 5.86. The van der Waals surface area contributed by atoms with E-state index in [1.54, 1.807) is 0 Å². The Labute approximate surface area is 82.8 Å². The zero-order valence-electron chi connectivity index (χ0n) is 7.45. The molecule has 0 unspecified atom stereocenters. The molecule has 0 aromatic heterocycles. The third kappa shape index (κ3) is 3.37. The maximum absolute atomic E-state index is 5.52. The van der Waals surface area contributed by atoms with Gasteiger partial charge in [0.15, 0.2) is 0 Å². The molecule has 1 atom stereocenters. The lowest BCUT2D eigenvalue weighted by Crippen LogP contribution is -2.17. The number of hydrogen-bond acceptors (Lipinski definition) is 4. The van der Waals surface area contributed by atoms with Gasteiger partial charge in [0, 0.05) is 12.3 Å². The molecular formula is C8H16N2S2. The standard InChI is InChI=1S/C8H16N2S2/c1-2-3-4-11-8-10-7(5-9)6-12-8/h7H,2-6,9H2,1H3/t7-/m1/s1. The van der Waals surface area contributed by atoms with E-state index in [4.69, 9.17) is 5.73 Å². The molecule has 0 aromatic rings. The first-order valence-corrected chi connectivity index (χ1v) is 6.37. The quantitative estimate of drug-likeness (QED) is 0.711. The number of unbranched alkanes of at least 4 members (excludes halogenated alkanes) is 1. The van der Waals surface area contributed by atoms with Crippen LogP contribution in [0.5, 0.6) is 0 Å². The summed E-state index contributed by atoms with van der Waals surface area (Å²) < 4.78 is 1.25. The van der Waals surface area contributed by atoms with Gasteiger partial charge in [-0.15, -0.1) is 0 Å². The van der Waals surface area contributed by atoms with Crippen LogP contribution in [-0.2, 0) is 0 Å². The number of nitrogens with two attached hydrogens (primary N) is 1. The molecule has 2 N–H and O–H groups in total. The van der Waals surface area contributed by atoms with Crippen LogP contribution in [0.2, 0.25) is 0 Å². The lowest BCUT2D eigenvalue weighted by molar-refractivity contribution is 0.778. The SMILES string of the molecule is CCCCSC1=N[C@H](CN)CS1. The van der Waals surface area contributed by atoms with Gasteiger partial charge in [0.2, 0.25) is 0 Å². The summed E-state index contributed by atoms with van der Waals surface area (Å²) in [4.78, 5) is 4.50. The highest BCUT2D eigenvalue weighted by atomic mass is 32.2. The van der Waals surface area contributed by atoms with Gasteiger partial charge < -0.3 is 5.73 Å². The van der Waals surface area contributed by atoms with Gasteiger partial charge in [-0.2, -0.15) is 0 Å². The van der Waals surface area contributed by atoms with Crippen LogP contribution in [0.15, 0.2) is 4.99 Å². The highest BCUT2D eigenvalue weighted by molar-refractivity contribution is 8.39. The predicted molar refractivity (Wildman–Crippen MR) is 60.1 cm³/mol. The van der Waals surface area contributed by atoms with E-state index >= 15 is 0 Å². The van der Waals surface area contributed by atoms with Crippen LogP contribution in [-0.4, -0.2) is 28.5 Å². The Morgan fingerprint density at radius 3 is 3.17 bits per heavy atom. The molecule has 0 bridgehead atoms. The molecule has 1 aliphatic heterocycles. The van der Waals surface area contributed by atoms with Crippen molar-refractivity contribution in [3.63, 3.8) is 0 Å². The second-order valence-corrected chi connectivity index (χ2v) is 5.15. The summed E-state index contributed by atoms with van der Waals surface area (Å²) in [7, 11) is 0. The summed E-state index contributed by atoms with van der Waals surface area (Å²) >= 11 is 3.74. The van der Waals surface area contributed by atoms with Gasteiger partial charge in [-0.3, -0.25) is 4.99 Å².